The van der Waals surface area contributed by atoms with Gasteiger partial charge in [0.25, 0.3) is 5.91 Å². The minimum Gasteiger partial charge on any atom is -0.496 e. The summed E-state index contributed by atoms with van der Waals surface area (Å²) in [6, 6.07) is 8.62. The molecule has 1 saturated carbocycles. The van der Waals surface area contributed by atoms with Gasteiger partial charge in [-0.3, -0.25) is 4.79 Å². The number of nitrogens with zero attached hydrogens (tertiary/aromatic N) is 2. The zero-order valence-corrected chi connectivity index (χ0v) is 14.3. The van der Waals surface area contributed by atoms with Crippen molar-refractivity contribution in [3.8, 4) is 11.8 Å². The number of hydrogen-bond acceptors (Lipinski definition) is 5. The Morgan fingerprint density at radius 2 is 2.17 bits per heavy atom. The summed E-state index contributed by atoms with van der Waals surface area (Å²) in [5.74, 6) is 0.713. The van der Waals surface area contributed by atoms with E-state index >= 15 is 0 Å². The Labute approximate surface area is 145 Å². The van der Waals surface area contributed by atoms with Crippen LogP contribution in [0.15, 0.2) is 29.8 Å². The quantitative estimate of drug-likeness (QED) is 0.897. The normalized spacial score (nSPS) is 15.7. The second-order valence-corrected chi connectivity index (χ2v) is 6.68. The number of benzene rings is 1. The van der Waals surface area contributed by atoms with Crippen molar-refractivity contribution in [1.29, 1.82) is 5.26 Å². The van der Waals surface area contributed by atoms with Gasteiger partial charge in [-0.2, -0.15) is 5.26 Å². The summed E-state index contributed by atoms with van der Waals surface area (Å²) in [4.78, 5) is 17.7. The molecule has 0 radical (unpaired) electrons. The molecule has 6 heteroatoms. The van der Waals surface area contributed by atoms with Crippen LogP contribution >= 0.6 is 11.3 Å². The molecule has 1 aliphatic carbocycles. The van der Waals surface area contributed by atoms with Crippen molar-refractivity contribution in [1.82, 2.24) is 10.3 Å². The third-order valence-corrected chi connectivity index (χ3v) is 5.24. The van der Waals surface area contributed by atoms with E-state index in [1.54, 1.807) is 24.8 Å². The van der Waals surface area contributed by atoms with E-state index in [1.807, 2.05) is 12.1 Å². The highest BCUT2D eigenvalue weighted by Crippen LogP contribution is 2.36. The van der Waals surface area contributed by atoms with Crippen LogP contribution in [0.2, 0.25) is 0 Å². The summed E-state index contributed by atoms with van der Waals surface area (Å²) >= 11 is 1.34. The van der Waals surface area contributed by atoms with Gasteiger partial charge in [0.1, 0.15) is 16.7 Å². The molecular weight excluding hydrogens is 322 g/mol. The first-order valence-corrected chi connectivity index (χ1v) is 8.89. The Bertz CT molecular complexity index is 760. The average Bonchev–Trinajstić information content (AvgIpc) is 3.30. The highest BCUT2D eigenvalue weighted by Gasteiger charge is 2.27. The van der Waals surface area contributed by atoms with Crippen molar-refractivity contribution in [2.45, 2.75) is 37.6 Å². The first kappa shape index (κ1) is 16.5. The number of amides is 1. The van der Waals surface area contributed by atoms with Crippen LogP contribution < -0.4 is 10.1 Å². The Kier molecular flexibility index (Phi) is 5.11. The summed E-state index contributed by atoms with van der Waals surface area (Å²) in [7, 11) is 1.55. The number of methoxy groups -OCH3 is 1. The molecule has 1 aromatic carbocycles. The van der Waals surface area contributed by atoms with E-state index in [4.69, 9.17) is 4.74 Å². The van der Waals surface area contributed by atoms with Gasteiger partial charge in [-0.05, 0) is 18.9 Å². The lowest BCUT2D eigenvalue weighted by molar-refractivity contribution is 0.0947. The maximum atomic E-state index is 12.7. The topological polar surface area (TPSA) is 75.0 Å². The molecule has 3 rings (SSSR count). The second kappa shape index (κ2) is 7.45. The Morgan fingerprint density at radius 1 is 1.42 bits per heavy atom. The largest absolute Gasteiger partial charge is 0.496 e. The Morgan fingerprint density at radius 3 is 2.88 bits per heavy atom. The first-order chi connectivity index (χ1) is 11.7. The zero-order valence-electron chi connectivity index (χ0n) is 13.5. The molecule has 1 amide bonds. The van der Waals surface area contributed by atoms with Gasteiger partial charge in [-0.15, -0.1) is 11.3 Å². The molecule has 1 N–H and O–H groups in total. The number of ether oxygens (including phenoxy) is 1. The van der Waals surface area contributed by atoms with Crippen molar-refractivity contribution in [3.63, 3.8) is 0 Å². The number of nitrogens with one attached hydrogen (secondary N) is 1. The SMILES string of the molecule is COc1ccccc1[C@H](C#N)NC(=O)c1scnc1C1CCCC1. The van der Waals surface area contributed by atoms with Crippen LogP contribution in [-0.4, -0.2) is 18.0 Å². The third-order valence-electron chi connectivity index (χ3n) is 4.40. The molecular formula is C18H19N3O2S. The Hall–Kier alpha value is -2.39. The fourth-order valence-electron chi connectivity index (χ4n) is 3.20. The summed E-state index contributed by atoms with van der Waals surface area (Å²) in [6.07, 6.45) is 4.53. The van der Waals surface area contributed by atoms with Crippen LogP contribution in [-0.2, 0) is 0 Å². The summed E-state index contributed by atoms with van der Waals surface area (Å²) in [5, 5.41) is 12.3. The predicted octanol–water partition coefficient (Wildman–Crippen LogP) is 3.80. The molecule has 0 saturated heterocycles. The molecule has 1 heterocycles. The van der Waals surface area contributed by atoms with E-state index in [-0.39, 0.29) is 5.91 Å². The van der Waals surface area contributed by atoms with Crippen molar-refractivity contribution < 1.29 is 9.53 Å². The lowest BCUT2D eigenvalue weighted by Crippen LogP contribution is -2.28. The number of aromatic nitrogens is 1. The average molecular weight is 341 g/mol. The minimum absolute atomic E-state index is 0.239. The zero-order chi connectivity index (χ0) is 16.9. The van der Waals surface area contributed by atoms with Gasteiger partial charge in [0.2, 0.25) is 0 Å². The van der Waals surface area contributed by atoms with Gasteiger partial charge >= 0.3 is 0 Å². The van der Waals surface area contributed by atoms with Crippen molar-refractivity contribution in [2.75, 3.05) is 7.11 Å². The van der Waals surface area contributed by atoms with E-state index in [0.29, 0.717) is 22.1 Å². The molecule has 0 unspecified atom stereocenters. The molecule has 24 heavy (non-hydrogen) atoms. The maximum Gasteiger partial charge on any atom is 0.264 e. The van der Waals surface area contributed by atoms with Crippen LogP contribution in [0.1, 0.15) is 58.6 Å². The standard InChI is InChI=1S/C18H19N3O2S/c1-23-15-9-5-4-8-13(15)14(10-19)21-18(22)17-16(20-11-24-17)12-6-2-3-7-12/h4-5,8-9,11-12,14H,2-3,6-7H2,1H3,(H,21,22)/t14-/m0/s1. The molecule has 1 aromatic heterocycles. The number of rotatable bonds is 5. The third kappa shape index (κ3) is 3.26. The number of para-hydroxylation sites is 1. The monoisotopic (exact) mass is 341 g/mol. The number of hydrogen-bond donors (Lipinski definition) is 1. The maximum absolute atomic E-state index is 12.7. The highest BCUT2D eigenvalue weighted by atomic mass is 32.1. The summed E-state index contributed by atoms with van der Waals surface area (Å²) < 4.78 is 5.29. The molecule has 1 atom stereocenters. The van der Waals surface area contributed by atoms with Crippen molar-refractivity contribution in [2.24, 2.45) is 0 Å². The fraction of sp³-hybridized carbons (Fsp3) is 0.389. The van der Waals surface area contributed by atoms with E-state index in [2.05, 4.69) is 16.4 Å². The van der Waals surface area contributed by atoms with Crippen LogP contribution in [0.4, 0.5) is 0 Å². The molecule has 1 aliphatic rings. The van der Waals surface area contributed by atoms with Gasteiger partial charge in [0, 0.05) is 11.5 Å². The Balaban J connectivity index is 1.81. The molecule has 5 nitrogen and oxygen atoms in total. The number of thiazole rings is 1. The molecule has 0 spiro atoms. The van der Waals surface area contributed by atoms with Gasteiger partial charge in [0.15, 0.2) is 0 Å². The van der Waals surface area contributed by atoms with E-state index in [0.717, 1.165) is 18.5 Å². The van der Waals surface area contributed by atoms with Crippen LogP contribution in [0.25, 0.3) is 0 Å². The van der Waals surface area contributed by atoms with E-state index in [1.165, 1.54) is 24.2 Å². The van der Waals surface area contributed by atoms with Crippen LogP contribution in [0, 0.1) is 11.3 Å². The molecule has 0 bridgehead atoms. The van der Waals surface area contributed by atoms with Gasteiger partial charge in [-0.1, -0.05) is 31.0 Å². The molecule has 1 fully saturated rings. The van der Waals surface area contributed by atoms with Crippen molar-refractivity contribution in [3.05, 3.63) is 45.9 Å². The lowest BCUT2D eigenvalue weighted by Gasteiger charge is -2.15. The first-order valence-electron chi connectivity index (χ1n) is 8.01. The lowest BCUT2D eigenvalue weighted by atomic mass is 10.0. The predicted molar refractivity (Wildman–Crippen MR) is 92.1 cm³/mol. The molecule has 0 aliphatic heterocycles. The number of carbonyl (C=O) groups excluding carboxylic acids is 1. The number of nitriles is 1. The highest BCUT2D eigenvalue weighted by molar-refractivity contribution is 7.11. The summed E-state index contributed by atoms with van der Waals surface area (Å²) in [6.45, 7) is 0. The van der Waals surface area contributed by atoms with Crippen LogP contribution in [0.3, 0.4) is 0 Å². The van der Waals surface area contributed by atoms with E-state index < -0.39 is 6.04 Å². The molecule has 124 valence electrons. The van der Waals surface area contributed by atoms with E-state index in [9.17, 15) is 10.1 Å². The fourth-order valence-corrected chi connectivity index (χ4v) is 3.97. The van der Waals surface area contributed by atoms with Crippen molar-refractivity contribution >= 4 is 17.2 Å². The second-order valence-electron chi connectivity index (χ2n) is 5.83. The van der Waals surface area contributed by atoms with Gasteiger partial charge in [-0.25, -0.2) is 4.98 Å². The summed E-state index contributed by atoms with van der Waals surface area (Å²) in [5.41, 5.74) is 3.25. The molecule has 2 aromatic rings. The number of carbonyl (C=O) groups is 1. The van der Waals surface area contributed by atoms with Gasteiger partial charge < -0.3 is 10.1 Å². The van der Waals surface area contributed by atoms with Gasteiger partial charge in [0.05, 0.1) is 24.4 Å². The minimum atomic E-state index is -0.757. The van der Waals surface area contributed by atoms with Crippen LogP contribution in [0.5, 0.6) is 5.75 Å². The smallest absolute Gasteiger partial charge is 0.264 e.